The third kappa shape index (κ3) is 4.77. The molecule has 1 atom stereocenters. The molecule has 0 aliphatic carbocycles. The number of amides is 1. The van der Waals surface area contributed by atoms with Crippen LogP contribution < -0.4 is 10.2 Å². The van der Waals surface area contributed by atoms with Crippen molar-refractivity contribution >= 4 is 47.8 Å². The summed E-state index contributed by atoms with van der Waals surface area (Å²) < 4.78 is 5.85. The number of nitrogens with one attached hydrogen (secondary N) is 1. The second kappa shape index (κ2) is 9.27. The topological polar surface area (TPSA) is 61.6 Å². The summed E-state index contributed by atoms with van der Waals surface area (Å²) in [6.45, 7) is 7.66. The van der Waals surface area contributed by atoms with Crippen LogP contribution in [-0.4, -0.2) is 55.6 Å². The molecular weight excluding hydrogens is 363 g/mol. The molecule has 2 aromatic rings. The van der Waals surface area contributed by atoms with Crippen molar-refractivity contribution in [1.29, 1.82) is 0 Å². The second-order valence-electron chi connectivity index (χ2n) is 6.24. The number of fused-ring (bicyclic) bond motifs is 1. The highest BCUT2D eigenvalue weighted by Crippen LogP contribution is 2.23. The van der Waals surface area contributed by atoms with Crippen LogP contribution in [0.4, 0.5) is 6.01 Å². The summed E-state index contributed by atoms with van der Waals surface area (Å²) in [6, 6.07) is 6.67. The number of benzene rings is 1. The number of nitrogens with zero attached hydrogens (tertiary/aromatic N) is 3. The highest BCUT2D eigenvalue weighted by molar-refractivity contribution is 5.85. The molecule has 0 saturated carbocycles. The SMILES string of the molecule is CNCC(C)C(=O)N1CCN(c2nc3cc(C)ccc3o2)CC1.Cl.Cl. The number of aryl methyl sites for hydroxylation is 1. The molecule has 140 valence electrons. The lowest BCUT2D eigenvalue weighted by Crippen LogP contribution is -2.51. The molecule has 6 nitrogen and oxygen atoms in total. The first-order valence-electron chi connectivity index (χ1n) is 8.14. The molecule has 1 aliphatic rings. The molecular formula is C17H26Cl2N4O2. The maximum Gasteiger partial charge on any atom is 0.298 e. The van der Waals surface area contributed by atoms with Gasteiger partial charge in [-0.05, 0) is 31.7 Å². The monoisotopic (exact) mass is 388 g/mol. The zero-order valence-electron chi connectivity index (χ0n) is 14.8. The lowest BCUT2D eigenvalue weighted by Gasteiger charge is -2.35. The van der Waals surface area contributed by atoms with Crippen LogP contribution in [0.2, 0.25) is 0 Å². The van der Waals surface area contributed by atoms with Crippen molar-refractivity contribution < 1.29 is 9.21 Å². The maximum atomic E-state index is 12.3. The molecule has 0 bridgehead atoms. The molecule has 0 radical (unpaired) electrons. The molecule has 1 N–H and O–H groups in total. The van der Waals surface area contributed by atoms with E-state index in [-0.39, 0.29) is 36.6 Å². The van der Waals surface area contributed by atoms with E-state index in [9.17, 15) is 4.79 Å². The van der Waals surface area contributed by atoms with Gasteiger partial charge in [0.05, 0.1) is 0 Å². The molecule has 1 aromatic carbocycles. The van der Waals surface area contributed by atoms with E-state index in [0.29, 0.717) is 25.6 Å². The number of carbonyl (C=O) groups is 1. The van der Waals surface area contributed by atoms with Crippen LogP contribution in [0.3, 0.4) is 0 Å². The Labute approximate surface area is 160 Å². The summed E-state index contributed by atoms with van der Waals surface area (Å²) in [7, 11) is 1.87. The van der Waals surface area contributed by atoms with Crippen molar-refractivity contribution in [3.05, 3.63) is 23.8 Å². The van der Waals surface area contributed by atoms with E-state index >= 15 is 0 Å². The molecule has 2 heterocycles. The molecule has 1 saturated heterocycles. The smallest absolute Gasteiger partial charge is 0.298 e. The highest BCUT2D eigenvalue weighted by Gasteiger charge is 2.26. The number of aromatic nitrogens is 1. The Balaban J connectivity index is 0.00000156. The minimum Gasteiger partial charge on any atom is -0.423 e. The molecule has 1 aromatic heterocycles. The van der Waals surface area contributed by atoms with E-state index in [1.165, 1.54) is 5.56 Å². The lowest BCUT2D eigenvalue weighted by atomic mass is 10.1. The van der Waals surface area contributed by atoms with Crippen LogP contribution >= 0.6 is 24.8 Å². The highest BCUT2D eigenvalue weighted by atomic mass is 35.5. The van der Waals surface area contributed by atoms with Crippen LogP contribution in [0.25, 0.3) is 11.1 Å². The van der Waals surface area contributed by atoms with Crippen molar-refractivity contribution in [2.75, 3.05) is 44.7 Å². The van der Waals surface area contributed by atoms with Gasteiger partial charge in [0.1, 0.15) is 5.52 Å². The summed E-state index contributed by atoms with van der Waals surface area (Å²) >= 11 is 0. The Morgan fingerprint density at radius 3 is 2.60 bits per heavy atom. The quantitative estimate of drug-likeness (QED) is 0.871. The van der Waals surface area contributed by atoms with E-state index < -0.39 is 0 Å². The number of piperazine rings is 1. The Morgan fingerprint density at radius 1 is 1.28 bits per heavy atom. The fraction of sp³-hybridized carbons (Fsp3) is 0.529. The van der Waals surface area contributed by atoms with E-state index in [1.54, 1.807) is 0 Å². The molecule has 3 rings (SSSR count). The van der Waals surface area contributed by atoms with Crippen molar-refractivity contribution in [2.24, 2.45) is 5.92 Å². The molecule has 1 unspecified atom stereocenters. The number of rotatable bonds is 4. The molecule has 25 heavy (non-hydrogen) atoms. The van der Waals surface area contributed by atoms with Gasteiger partial charge >= 0.3 is 0 Å². The Kier molecular flexibility index (Phi) is 7.99. The minimum absolute atomic E-state index is 0. The van der Waals surface area contributed by atoms with Crippen LogP contribution in [0.15, 0.2) is 22.6 Å². The molecule has 0 spiro atoms. The zero-order valence-corrected chi connectivity index (χ0v) is 16.5. The zero-order chi connectivity index (χ0) is 16.4. The third-order valence-corrected chi connectivity index (χ3v) is 4.33. The maximum absolute atomic E-state index is 12.3. The van der Waals surface area contributed by atoms with E-state index in [0.717, 1.165) is 24.2 Å². The fourth-order valence-corrected chi connectivity index (χ4v) is 2.98. The summed E-state index contributed by atoms with van der Waals surface area (Å²) in [5.74, 6) is 0.228. The Morgan fingerprint density at radius 2 is 1.96 bits per heavy atom. The van der Waals surface area contributed by atoms with Crippen molar-refractivity contribution in [1.82, 2.24) is 15.2 Å². The lowest BCUT2D eigenvalue weighted by molar-refractivity contribution is -0.135. The summed E-state index contributed by atoms with van der Waals surface area (Å²) in [4.78, 5) is 21.0. The van der Waals surface area contributed by atoms with Crippen molar-refractivity contribution in [3.8, 4) is 0 Å². The number of halogens is 2. The van der Waals surface area contributed by atoms with Gasteiger partial charge in [0.2, 0.25) is 5.91 Å². The van der Waals surface area contributed by atoms with Gasteiger partial charge in [0.15, 0.2) is 5.58 Å². The average Bonchev–Trinajstić information content (AvgIpc) is 2.97. The standard InChI is InChI=1S/C17H24N4O2.2ClH/c1-12-4-5-15-14(10-12)19-17(23-15)21-8-6-20(7-9-21)16(22)13(2)11-18-3;;/h4-5,10,13,18H,6-9,11H2,1-3H3;2*1H. The number of hydrogen-bond acceptors (Lipinski definition) is 5. The number of hydrogen-bond donors (Lipinski definition) is 1. The number of anilines is 1. The van der Waals surface area contributed by atoms with Gasteiger partial charge in [-0.1, -0.05) is 13.0 Å². The van der Waals surface area contributed by atoms with Gasteiger partial charge in [0.25, 0.3) is 6.01 Å². The van der Waals surface area contributed by atoms with E-state index in [2.05, 4.69) is 15.2 Å². The van der Waals surface area contributed by atoms with Gasteiger partial charge in [0, 0.05) is 38.6 Å². The van der Waals surface area contributed by atoms with Crippen LogP contribution in [0, 0.1) is 12.8 Å². The van der Waals surface area contributed by atoms with E-state index in [1.807, 2.05) is 44.0 Å². The van der Waals surface area contributed by atoms with Gasteiger partial charge in [-0.3, -0.25) is 4.79 Å². The predicted octanol–water partition coefficient (Wildman–Crippen LogP) is 2.48. The van der Waals surface area contributed by atoms with Crippen molar-refractivity contribution in [2.45, 2.75) is 13.8 Å². The number of oxazole rings is 1. The molecule has 1 fully saturated rings. The van der Waals surface area contributed by atoms with E-state index in [4.69, 9.17) is 4.42 Å². The Hall–Kier alpha value is -1.50. The second-order valence-corrected chi connectivity index (χ2v) is 6.24. The summed E-state index contributed by atoms with van der Waals surface area (Å²) in [6.07, 6.45) is 0. The largest absolute Gasteiger partial charge is 0.423 e. The molecule has 8 heteroatoms. The van der Waals surface area contributed by atoms with Gasteiger partial charge in [-0.15, -0.1) is 24.8 Å². The van der Waals surface area contributed by atoms with Gasteiger partial charge in [-0.2, -0.15) is 4.98 Å². The first-order valence-corrected chi connectivity index (χ1v) is 8.14. The normalized spacial score (nSPS) is 15.5. The third-order valence-electron chi connectivity index (χ3n) is 4.33. The van der Waals surface area contributed by atoms with Crippen LogP contribution in [-0.2, 0) is 4.79 Å². The van der Waals surface area contributed by atoms with Crippen molar-refractivity contribution in [3.63, 3.8) is 0 Å². The predicted molar refractivity (Wildman–Crippen MR) is 105 cm³/mol. The molecule has 1 aliphatic heterocycles. The van der Waals surface area contributed by atoms with Crippen LogP contribution in [0.5, 0.6) is 0 Å². The molecule has 1 amide bonds. The van der Waals surface area contributed by atoms with Gasteiger partial charge in [-0.25, -0.2) is 0 Å². The number of carbonyl (C=O) groups excluding carboxylic acids is 1. The first kappa shape index (κ1) is 21.5. The summed E-state index contributed by atoms with van der Waals surface area (Å²) in [5.41, 5.74) is 2.87. The summed E-state index contributed by atoms with van der Waals surface area (Å²) in [5, 5.41) is 3.06. The Bertz CT molecular complexity index is 699. The minimum atomic E-state index is 0. The fourth-order valence-electron chi connectivity index (χ4n) is 2.98. The average molecular weight is 389 g/mol. The van der Waals surface area contributed by atoms with Crippen LogP contribution in [0.1, 0.15) is 12.5 Å². The first-order chi connectivity index (χ1) is 11.1. The van der Waals surface area contributed by atoms with Gasteiger partial charge < -0.3 is 19.5 Å².